The molecule has 3 amide bonds. The predicted octanol–water partition coefficient (Wildman–Crippen LogP) is 3.51. The molecule has 1 aliphatic heterocycles. The Morgan fingerprint density at radius 2 is 1.70 bits per heavy atom. The average molecular weight is 373 g/mol. The van der Waals surface area contributed by atoms with Crippen molar-refractivity contribution < 1.29 is 14.3 Å². The van der Waals surface area contributed by atoms with Gasteiger partial charge < -0.3 is 10.1 Å². The van der Waals surface area contributed by atoms with Crippen molar-refractivity contribution in [2.24, 2.45) is 0 Å². The maximum absolute atomic E-state index is 13.1. The zero-order chi connectivity index (χ0) is 19.3. The minimum atomic E-state index is -0.669. The largest absolute Gasteiger partial charge is 0.494 e. The molecular formula is C21H31N3O3. The van der Waals surface area contributed by atoms with Crippen molar-refractivity contribution in [2.45, 2.75) is 64.0 Å². The number of rotatable bonds is 6. The van der Waals surface area contributed by atoms with Crippen molar-refractivity contribution >= 4 is 11.9 Å². The number of amides is 3. The molecule has 0 atom stereocenters. The molecule has 6 heteroatoms. The summed E-state index contributed by atoms with van der Waals surface area (Å²) in [5.74, 6) is 0.803. The monoisotopic (exact) mass is 373 g/mol. The van der Waals surface area contributed by atoms with Gasteiger partial charge in [-0.3, -0.25) is 9.69 Å². The number of benzene rings is 1. The molecule has 0 radical (unpaired) electrons. The van der Waals surface area contributed by atoms with Crippen LogP contribution >= 0.6 is 0 Å². The summed E-state index contributed by atoms with van der Waals surface area (Å²) < 4.78 is 5.46. The van der Waals surface area contributed by atoms with Gasteiger partial charge in [-0.2, -0.15) is 0 Å². The van der Waals surface area contributed by atoms with E-state index in [0.29, 0.717) is 19.8 Å². The highest BCUT2D eigenvalue weighted by atomic mass is 16.5. The number of ether oxygens (including phenoxy) is 1. The fourth-order valence-corrected chi connectivity index (χ4v) is 4.11. The molecule has 1 aliphatic carbocycles. The van der Waals surface area contributed by atoms with E-state index in [-0.39, 0.29) is 11.9 Å². The molecule has 1 N–H and O–H groups in total. The Hall–Kier alpha value is -2.08. The summed E-state index contributed by atoms with van der Waals surface area (Å²) in [7, 11) is 1.93. The SMILES string of the molecule is CCOc1ccc(CN(C)CN2C(=O)NC3(CCCCCCC3)C2=O)cc1. The first-order valence-electron chi connectivity index (χ1n) is 10.1. The Kier molecular flexibility index (Phi) is 6.37. The lowest BCUT2D eigenvalue weighted by atomic mass is 9.84. The Labute approximate surface area is 161 Å². The van der Waals surface area contributed by atoms with Crippen LogP contribution in [0.15, 0.2) is 24.3 Å². The van der Waals surface area contributed by atoms with E-state index in [9.17, 15) is 9.59 Å². The van der Waals surface area contributed by atoms with Crippen LogP contribution in [0.2, 0.25) is 0 Å². The fraction of sp³-hybridized carbons (Fsp3) is 0.619. The van der Waals surface area contributed by atoms with Crippen LogP contribution in [0.4, 0.5) is 4.79 Å². The second-order valence-electron chi connectivity index (χ2n) is 7.75. The van der Waals surface area contributed by atoms with Gasteiger partial charge in [0.1, 0.15) is 11.3 Å². The molecule has 1 heterocycles. The van der Waals surface area contributed by atoms with Crippen LogP contribution < -0.4 is 10.1 Å². The molecular weight excluding hydrogens is 342 g/mol. The molecule has 6 nitrogen and oxygen atoms in total. The van der Waals surface area contributed by atoms with Crippen LogP contribution in [-0.4, -0.2) is 47.6 Å². The summed E-state index contributed by atoms with van der Waals surface area (Å²) >= 11 is 0. The van der Waals surface area contributed by atoms with Gasteiger partial charge in [0.25, 0.3) is 5.91 Å². The van der Waals surface area contributed by atoms with Crippen molar-refractivity contribution in [1.82, 2.24) is 15.1 Å². The van der Waals surface area contributed by atoms with Gasteiger partial charge in [0.05, 0.1) is 13.3 Å². The molecule has 1 spiro atoms. The van der Waals surface area contributed by atoms with E-state index in [1.165, 1.54) is 11.3 Å². The van der Waals surface area contributed by atoms with Crippen LogP contribution in [0.5, 0.6) is 5.75 Å². The predicted molar refractivity (Wildman–Crippen MR) is 104 cm³/mol. The van der Waals surface area contributed by atoms with Crippen LogP contribution in [-0.2, 0) is 11.3 Å². The van der Waals surface area contributed by atoms with Crippen molar-refractivity contribution in [3.05, 3.63) is 29.8 Å². The van der Waals surface area contributed by atoms with Crippen molar-refractivity contribution in [3.63, 3.8) is 0 Å². The second kappa shape index (κ2) is 8.74. The number of carbonyl (C=O) groups excluding carboxylic acids is 2. The smallest absolute Gasteiger partial charge is 0.326 e. The lowest BCUT2D eigenvalue weighted by Gasteiger charge is -2.29. The molecule has 1 aromatic rings. The molecule has 2 aliphatic rings. The number of hydrogen-bond donors (Lipinski definition) is 1. The van der Waals surface area contributed by atoms with Crippen LogP contribution in [0.25, 0.3) is 0 Å². The second-order valence-corrected chi connectivity index (χ2v) is 7.75. The quantitative estimate of drug-likeness (QED) is 0.775. The van der Waals surface area contributed by atoms with Gasteiger partial charge in [-0.25, -0.2) is 9.69 Å². The summed E-state index contributed by atoms with van der Waals surface area (Å²) in [5, 5.41) is 3.02. The van der Waals surface area contributed by atoms with E-state index >= 15 is 0 Å². The number of hydrogen-bond acceptors (Lipinski definition) is 4. The Morgan fingerprint density at radius 1 is 1.07 bits per heavy atom. The Bertz CT molecular complexity index is 651. The first kappa shape index (κ1) is 19.7. The Morgan fingerprint density at radius 3 is 2.33 bits per heavy atom. The zero-order valence-corrected chi connectivity index (χ0v) is 16.5. The third-order valence-corrected chi connectivity index (χ3v) is 5.52. The molecule has 1 saturated carbocycles. The highest BCUT2D eigenvalue weighted by Crippen LogP contribution is 2.32. The van der Waals surface area contributed by atoms with Gasteiger partial charge in [0, 0.05) is 6.54 Å². The number of nitrogens with one attached hydrogen (secondary N) is 1. The normalized spacial score (nSPS) is 19.9. The van der Waals surface area contributed by atoms with Crippen molar-refractivity contribution in [2.75, 3.05) is 20.3 Å². The average Bonchev–Trinajstić information content (AvgIpc) is 2.85. The van der Waals surface area contributed by atoms with Gasteiger partial charge in [0.15, 0.2) is 0 Å². The third kappa shape index (κ3) is 4.61. The zero-order valence-electron chi connectivity index (χ0n) is 16.5. The summed E-state index contributed by atoms with van der Waals surface area (Å²) in [4.78, 5) is 29.0. The third-order valence-electron chi connectivity index (χ3n) is 5.52. The van der Waals surface area contributed by atoms with Gasteiger partial charge >= 0.3 is 6.03 Å². The minimum Gasteiger partial charge on any atom is -0.494 e. The van der Waals surface area contributed by atoms with Gasteiger partial charge in [-0.05, 0) is 44.5 Å². The van der Waals surface area contributed by atoms with Crippen LogP contribution in [0.1, 0.15) is 57.4 Å². The number of imide groups is 1. The first-order valence-corrected chi connectivity index (χ1v) is 10.1. The summed E-state index contributed by atoms with van der Waals surface area (Å²) in [6.45, 7) is 3.58. The molecule has 1 saturated heterocycles. The van der Waals surface area contributed by atoms with Gasteiger partial charge in [-0.15, -0.1) is 0 Å². The molecule has 0 unspecified atom stereocenters. The number of carbonyl (C=O) groups is 2. The highest BCUT2D eigenvalue weighted by Gasteiger charge is 2.50. The molecule has 148 valence electrons. The van der Waals surface area contributed by atoms with Crippen LogP contribution in [0.3, 0.4) is 0 Å². The van der Waals surface area contributed by atoms with E-state index in [0.717, 1.165) is 49.8 Å². The fourth-order valence-electron chi connectivity index (χ4n) is 4.11. The summed E-state index contributed by atoms with van der Waals surface area (Å²) in [5.41, 5.74) is 0.450. The molecule has 0 aromatic heterocycles. The molecule has 27 heavy (non-hydrogen) atoms. The molecule has 3 rings (SSSR count). The maximum atomic E-state index is 13.1. The lowest BCUT2D eigenvalue weighted by Crippen LogP contribution is -2.48. The summed E-state index contributed by atoms with van der Waals surface area (Å²) in [6, 6.07) is 7.68. The van der Waals surface area contributed by atoms with E-state index < -0.39 is 5.54 Å². The summed E-state index contributed by atoms with van der Waals surface area (Å²) in [6.07, 6.45) is 7.04. The topological polar surface area (TPSA) is 61.9 Å². The maximum Gasteiger partial charge on any atom is 0.326 e. The molecule has 1 aromatic carbocycles. The van der Waals surface area contributed by atoms with E-state index in [4.69, 9.17) is 4.74 Å². The molecule has 0 bridgehead atoms. The van der Waals surface area contributed by atoms with E-state index in [2.05, 4.69) is 5.32 Å². The van der Waals surface area contributed by atoms with E-state index in [1.807, 2.05) is 43.1 Å². The van der Waals surface area contributed by atoms with Crippen LogP contribution in [0, 0.1) is 0 Å². The first-order chi connectivity index (χ1) is 13.0. The van der Waals surface area contributed by atoms with Gasteiger partial charge in [0.2, 0.25) is 0 Å². The number of nitrogens with zero attached hydrogens (tertiary/aromatic N) is 2. The Balaban J connectivity index is 1.60. The van der Waals surface area contributed by atoms with Gasteiger partial charge in [-0.1, -0.05) is 44.2 Å². The van der Waals surface area contributed by atoms with Crippen molar-refractivity contribution in [3.8, 4) is 5.75 Å². The number of urea groups is 1. The highest BCUT2D eigenvalue weighted by molar-refractivity contribution is 6.07. The van der Waals surface area contributed by atoms with Crippen molar-refractivity contribution in [1.29, 1.82) is 0 Å². The standard InChI is InChI=1S/C21H31N3O3/c1-3-27-18-11-9-17(10-12-18)15-23(2)16-24-19(25)21(22-20(24)26)13-7-5-4-6-8-14-21/h9-12H,3-8,13-16H2,1-2H3,(H,22,26). The minimum absolute atomic E-state index is 0.0482. The molecule has 2 fully saturated rings. The lowest BCUT2D eigenvalue weighted by molar-refractivity contribution is -0.133. The van der Waals surface area contributed by atoms with E-state index in [1.54, 1.807) is 0 Å².